The average molecular weight is 205 g/mol. The lowest BCUT2D eigenvalue weighted by molar-refractivity contribution is 0.171. The first-order valence-corrected chi connectivity index (χ1v) is 4.75. The van der Waals surface area contributed by atoms with Crippen molar-refractivity contribution in [1.29, 1.82) is 5.26 Å². The van der Waals surface area contributed by atoms with Crippen molar-refractivity contribution in [1.82, 2.24) is 0 Å². The van der Waals surface area contributed by atoms with E-state index in [0.717, 1.165) is 5.56 Å². The maximum Gasteiger partial charge on any atom is 0.161 e. The number of nitriles is 1. The molecule has 4 heteroatoms. The summed E-state index contributed by atoms with van der Waals surface area (Å²) in [6.45, 7) is 0.886. The van der Waals surface area contributed by atoms with Crippen LogP contribution >= 0.6 is 0 Å². The Bertz CT molecular complexity index is 397. The van der Waals surface area contributed by atoms with E-state index in [0.29, 0.717) is 24.7 Å². The maximum absolute atomic E-state index is 8.99. The van der Waals surface area contributed by atoms with Gasteiger partial charge in [0, 0.05) is 0 Å². The van der Waals surface area contributed by atoms with Crippen LogP contribution in [0.4, 0.5) is 0 Å². The van der Waals surface area contributed by atoms with Crippen LogP contribution < -0.4 is 9.47 Å². The van der Waals surface area contributed by atoms with Crippen LogP contribution in [0.3, 0.4) is 0 Å². The molecule has 0 saturated heterocycles. The Labute approximate surface area is 87.7 Å². The number of ether oxygens (including phenoxy) is 2. The van der Waals surface area contributed by atoms with Crippen LogP contribution in [0.25, 0.3) is 0 Å². The molecule has 0 radical (unpaired) electrons. The van der Waals surface area contributed by atoms with Gasteiger partial charge in [-0.3, -0.25) is 0 Å². The Balaban J connectivity index is 2.32. The highest BCUT2D eigenvalue weighted by Crippen LogP contribution is 2.32. The van der Waals surface area contributed by atoms with Gasteiger partial charge in [0.1, 0.15) is 13.2 Å². The third kappa shape index (κ3) is 1.88. The molecule has 1 aromatic carbocycles. The first-order chi connectivity index (χ1) is 7.35. The summed E-state index contributed by atoms with van der Waals surface area (Å²) in [6, 6.07) is 7.32. The molecule has 0 spiro atoms. The van der Waals surface area contributed by atoms with Gasteiger partial charge in [-0.15, -0.1) is 0 Å². The molecule has 1 atom stereocenters. The Hall–Kier alpha value is -1.73. The molecule has 0 amide bonds. The smallest absolute Gasteiger partial charge is 0.161 e. The van der Waals surface area contributed by atoms with E-state index < -0.39 is 5.92 Å². The van der Waals surface area contributed by atoms with Gasteiger partial charge >= 0.3 is 0 Å². The lowest BCUT2D eigenvalue weighted by Crippen LogP contribution is -2.15. The van der Waals surface area contributed by atoms with E-state index >= 15 is 0 Å². The zero-order valence-electron chi connectivity index (χ0n) is 8.14. The van der Waals surface area contributed by atoms with Gasteiger partial charge in [-0.25, -0.2) is 0 Å². The number of aliphatic hydroxyl groups is 1. The normalized spacial score (nSPS) is 15.5. The monoisotopic (exact) mass is 205 g/mol. The molecular formula is C11H11NO3. The fourth-order valence-electron chi connectivity index (χ4n) is 1.50. The Morgan fingerprint density at radius 2 is 2.07 bits per heavy atom. The Morgan fingerprint density at radius 1 is 1.33 bits per heavy atom. The second-order valence-corrected chi connectivity index (χ2v) is 3.27. The fourth-order valence-corrected chi connectivity index (χ4v) is 1.50. The molecule has 2 rings (SSSR count). The van der Waals surface area contributed by atoms with Gasteiger partial charge in [0.05, 0.1) is 18.6 Å². The molecule has 1 unspecified atom stereocenters. The van der Waals surface area contributed by atoms with Crippen LogP contribution in [-0.4, -0.2) is 24.9 Å². The summed E-state index contributed by atoms with van der Waals surface area (Å²) in [4.78, 5) is 0. The molecule has 1 heterocycles. The molecule has 1 N–H and O–H groups in total. The van der Waals surface area contributed by atoms with E-state index in [1.807, 2.05) is 6.07 Å². The van der Waals surface area contributed by atoms with Crippen molar-refractivity contribution in [3.63, 3.8) is 0 Å². The molecule has 0 bridgehead atoms. The molecule has 0 fully saturated rings. The molecule has 0 saturated carbocycles. The molecule has 4 nitrogen and oxygen atoms in total. The summed E-state index contributed by atoms with van der Waals surface area (Å²) in [5.41, 5.74) is 0.754. The van der Waals surface area contributed by atoms with E-state index in [4.69, 9.17) is 19.8 Å². The highest BCUT2D eigenvalue weighted by Gasteiger charge is 2.15. The number of hydrogen-bond donors (Lipinski definition) is 1. The molecule has 78 valence electrons. The molecule has 1 aromatic rings. The lowest BCUT2D eigenvalue weighted by atomic mass is 10.0. The number of aliphatic hydroxyl groups excluding tert-OH is 1. The van der Waals surface area contributed by atoms with Crippen LogP contribution in [0.5, 0.6) is 11.5 Å². The van der Waals surface area contributed by atoms with Crippen LogP contribution in [0.15, 0.2) is 18.2 Å². The van der Waals surface area contributed by atoms with Crippen molar-refractivity contribution >= 4 is 0 Å². The van der Waals surface area contributed by atoms with Crippen molar-refractivity contribution < 1.29 is 14.6 Å². The average Bonchev–Trinajstić information content (AvgIpc) is 2.30. The molecule has 1 aliphatic rings. The molecule has 1 aliphatic heterocycles. The fraction of sp³-hybridized carbons (Fsp3) is 0.364. The summed E-state index contributed by atoms with van der Waals surface area (Å²) in [5.74, 6) is 0.841. The summed E-state index contributed by atoms with van der Waals surface area (Å²) >= 11 is 0. The van der Waals surface area contributed by atoms with E-state index in [-0.39, 0.29) is 6.61 Å². The summed E-state index contributed by atoms with van der Waals surface area (Å²) in [6.07, 6.45) is 0. The van der Waals surface area contributed by atoms with Gasteiger partial charge in [-0.2, -0.15) is 5.26 Å². The van der Waals surface area contributed by atoms with Crippen LogP contribution in [0.2, 0.25) is 0 Å². The third-order valence-electron chi connectivity index (χ3n) is 2.31. The van der Waals surface area contributed by atoms with Crippen molar-refractivity contribution in [3.8, 4) is 17.6 Å². The minimum Gasteiger partial charge on any atom is -0.486 e. The predicted octanol–water partition coefficient (Wildman–Crippen LogP) is 1.06. The highest BCUT2D eigenvalue weighted by molar-refractivity contribution is 5.45. The molecule has 0 aliphatic carbocycles. The quantitative estimate of drug-likeness (QED) is 0.784. The van der Waals surface area contributed by atoms with Crippen molar-refractivity contribution in [2.75, 3.05) is 19.8 Å². The first kappa shape index (κ1) is 9.81. The van der Waals surface area contributed by atoms with Crippen LogP contribution in [-0.2, 0) is 0 Å². The van der Waals surface area contributed by atoms with E-state index in [2.05, 4.69) is 0 Å². The molecular weight excluding hydrogens is 194 g/mol. The lowest BCUT2D eigenvalue weighted by Gasteiger charge is -2.19. The van der Waals surface area contributed by atoms with E-state index in [1.165, 1.54) is 0 Å². The predicted molar refractivity (Wildman–Crippen MR) is 52.9 cm³/mol. The summed E-state index contributed by atoms with van der Waals surface area (Å²) in [7, 11) is 0. The minimum absolute atomic E-state index is 0.184. The molecule has 0 aromatic heterocycles. The second kappa shape index (κ2) is 4.20. The number of nitrogens with zero attached hydrogens (tertiary/aromatic N) is 1. The summed E-state index contributed by atoms with van der Waals surface area (Å²) < 4.78 is 10.7. The van der Waals surface area contributed by atoms with Crippen LogP contribution in [0.1, 0.15) is 11.5 Å². The third-order valence-corrected chi connectivity index (χ3v) is 2.31. The SMILES string of the molecule is N#CC(CO)c1ccc2c(c1)OCCO2. The second-order valence-electron chi connectivity index (χ2n) is 3.27. The van der Waals surface area contributed by atoms with Crippen LogP contribution in [0, 0.1) is 11.3 Å². The largest absolute Gasteiger partial charge is 0.486 e. The highest BCUT2D eigenvalue weighted by atomic mass is 16.6. The van der Waals surface area contributed by atoms with Gasteiger partial charge in [0.25, 0.3) is 0 Å². The van der Waals surface area contributed by atoms with Gasteiger partial charge in [0.2, 0.25) is 0 Å². The van der Waals surface area contributed by atoms with Crippen molar-refractivity contribution in [3.05, 3.63) is 23.8 Å². The Morgan fingerprint density at radius 3 is 2.73 bits per heavy atom. The zero-order valence-corrected chi connectivity index (χ0v) is 8.14. The molecule has 15 heavy (non-hydrogen) atoms. The van der Waals surface area contributed by atoms with Gasteiger partial charge in [-0.05, 0) is 17.7 Å². The van der Waals surface area contributed by atoms with Crippen molar-refractivity contribution in [2.45, 2.75) is 5.92 Å². The number of hydrogen-bond acceptors (Lipinski definition) is 4. The van der Waals surface area contributed by atoms with Gasteiger partial charge in [0.15, 0.2) is 11.5 Å². The maximum atomic E-state index is 8.99. The summed E-state index contributed by atoms with van der Waals surface area (Å²) in [5, 5.41) is 17.8. The van der Waals surface area contributed by atoms with E-state index in [1.54, 1.807) is 18.2 Å². The first-order valence-electron chi connectivity index (χ1n) is 4.75. The zero-order chi connectivity index (χ0) is 10.7. The Kier molecular flexibility index (Phi) is 2.75. The van der Waals surface area contributed by atoms with Gasteiger partial charge in [-0.1, -0.05) is 6.07 Å². The topological polar surface area (TPSA) is 62.5 Å². The number of benzene rings is 1. The standard InChI is InChI=1S/C11H11NO3/c12-6-9(7-13)8-1-2-10-11(5-8)15-4-3-14-10/h1-2,5,9,13H,3-4,7H2. The number of fused-ring (bicyclic) bond motifs is 1. The minimum atomic E-state index is -0.499. The van der Waals surface area contributed by atoms with Gasteiger partial charge < -0.3 is 14.6 Å². The van der Waals surface area contributed by atoms with E-state index in [9.17, 15) is 0 Å². The van der Waals surface area contributed by atoms with Crippen molar-refractivity contribution in [2.24, 2.45) is 0 Å². The number of rotatable bonds is 2.